The summed E-state index contributed by atoms with van der Waals surface area (Å²) in [6, 6.07) is 19.8. The van der Waals surface area contributed by atoms with Crippen molar-refractivity contribution in [2.45, 2.75) is 12.5 Å². The maximum absolute atomic E-state index is 12.3. The minimum absolute atomic E-state index is 0.0484. The summed E-state index contributed by atoms with van der Waals surface area (Å²) < 4.78 is 0. The van der Waals surface area contributed by atoms with Crippen LogP contribution < -0.4 is 25.3 Å². The van der Waals surface area contributed by atoms with E-state index < -0.39 is 0 Å². The highest BCUT2D eigenvalue weighted by Crippen LogP contribution is 2.20. The Bertz CT molecular complexity index is 837. The van der Waals surface area contributed by atoms with Gasteiger partial charge in [-0.15, -0.1) is 0 Å². The van der Waals surface area contributed by atoms with E-state index in [9.17, 15) is 9.59 Å². The number of carbonyl (C=O) groups excluding carboxylic acids is 2. The van der Waals surface area contributed by atoms with Crippen LogP contribution in [0.5, 0.6) is 0 Å². The van der Waals surface area contributed by atoms with Crippen LogP contribution in [0.15, 0.2) is 60.7 Å². The summed E-state index contributed by atoms with van der Waals surface area (Å²) in [5.74, 6) is 0.0484. The van der Waals surface area contributed by atoms with Gasteiger partial charge in [-0.25, -0.2) is 4.79 Å². The quantitative estimate of drug-likeness (QED) is 0.652. The van der Waals surface area contributed by atoms with Crippen LogP contribution in [0.3, 0.4) is 0 Å². The zero-order valence-electron chi connectivity index (χ0n) is 17.2. The summed E-state index contributed by atoms with van der Waals surface area (Å²) in [6.45, 7) is 6.27. The zero-order valence-corrected chi connectivity index (χ0v) is 17.2. The molecule has 30 heavy (non-hydrogen) atoms. The fraction of sp³-hybridized carbons (Fsp3) is 0.391. The summed E-state index contributed by atoms with van der Waals surface area (Å²) in [6.07, 6.45) is 0.342. The van der Waals surface area contributed by atoms with Crippen LogP contribution in [0, 0.1) is 0 Å². The number of anilines is 2. The molecule has 1 atom stereocenters. The number of para-hydroxylation sites is 2. The monoisotopic (exact) mass is 408 g/mol. The number of amides is 3. The van der Waals surface area contributed by atoms with Crippen LogP contribution in [-0.2, 0) is 4.79 Å². The first kappa shape index (κ1) is 20.2. The van der Waals surface area contributed by atoms with Gasteiger partial charge in [0.1, 0.15) is 0 Å². The van der Waals surface area contributed by atoms with Gasteiger partial charge >= 0.3 is 6.03 Å². The van der Waals surface area contributed by atoms with Crippen molar-refractivity contribution in [2.75, 3.05) is 55.6 Å². The molecule has 2 fully saturated rings. The van der Waals surface area contributed by atoms with E-state index in [-0.39, 0.29) is 18.0 Å². The molecule has 0 spiro atoms. The predicted molar refractivity (Wildman–Crippen MR) is 118 cm³/mol. The lowest BCUT2D eigenvalue weighted by Crippen LogP contribution is -3.15. The highest BCUT2D eigenvalue weighted by Gasteiger charge is 2.31. The summed E-state index contributed by atoms with van der Waals surface area (Å²) in [5.41, 5.74) is 2.16. The largest absolute Gasteiger partial charge is 0.360 e. The summed E-state index contributed by atoms with van der Waals surface area (Å²) in [7, 11) is 0. The molecule has 3 amide bonds. The second-order valence-electron chi connectivity index (χ2n) is 7.96. The Morgan fingerprint density at radius 3 is 2.27 bits per heavy atom. The van der Waals surface area contributed by atoms with Crippen LogP contribution in [0.2, 0.25) is 0 Å². The third-order valence-corrected chi connectivity index (χ3v) is 5.88. The molecule has 2 saturated heterocycles. The molecule has 2 aliphatic rings. The maximum atomic E-state index is 12.3. The Morgan fingerprint density at radius 1 is 0.967 bits per heavy atom. The Balaban J connectivity index is 1.14. The van der Waals surface area contributed by atoms with Crippen LogP contribution in [0.4, 0.5) is 16.2 Å². The highest BCUT2D eigenvalue weighted by atomic mass is 16.2. The molecule has 2 aromatic carbocycles. The molecule has 3 N–H and O–H groups in total. The molecule has 0 radical (unpaired) electrons. The molecule has 0 aromatic heterocycles. The third kappa shape index (κ3) is 5.10. The van der Waals surface area contributed by atoms with Crippen molar-refractivity contribution in [1.82, 2.24) is 10.6 Å². The molecule has 158 valence electrons. The Kier molecular flexibility index (Phi) is 6.49. The summed E-state index contributed by atoms with van der Waals surface area (Å²) in [4.78, 5) is 30.2. The SMILES string of the molecule is O=C(NCC[NH+]1CCN(c2ccccc2)CC1)N[C@H]1CC(=O)N(c2ccccc2)C1. The molecule has 2 aliphatic heterocycles. The molecular weight excluding hydrogens is 378 g/mol. The van der Waals surface area contributed by atoms with Gasteiger partial charge in [-0.2, -0.15) is 0 Å². The standard InChI is InChI=1S/C23H29N5O2/c29-22-17-19(18-28(22)21-9-5-2-6-10-21)25-23(30)24-11-12-26-13-15-27(16-14-26)20-7-3-1-4-8-20/h1-10,19H,11-18H2,(H2,24,25,30)/p+1/t19-/m0/s1. The number of hydrogen-bond donors (Lipinski definition) is 3. The molecule has 7 heteroatoms. The lowest BCUT2D eigenvalue weighted by molar-refractivity contribution is -0.899. The van der Waals surface area contributed by atoms with E-state index in [0.717, 1.165) is 38.4 Å². The lowest BCUT2D eigenvalue weighted by atomic mass is 10.2. The van der Waals surface area contributed by atoms with Crippen LogP contribution in [0.1, 0.15) is 6.42 Å². The molecule has 0 bridgehead atoms. The summed E-state index contributed by atoms with van der Waals surface area (Å²) in [5, 5.41) is 5.90. The molecule has 2 aromatic rings. The number of urea groups is 1. The molecular formula is C23H30N5O2+. The van der Waals surface area contributed by atoms with Gasteiger partial charge in [0.15, 0.2) is 0 Å². The molecule has 0 aliphatic carbocycles. The smallest absolute Gasteiger partial charge is 0.315 e. The van der Waals surface area contributed by atoms with E-state index in [4.69, 9.17) is 0 Å². The van der Waals surface area contributed by atoms with Gasteiger partial charge < -0.3 is 25.3 Å². The Morgan fingerprint density at radius 2 is 1.60 bits per heavy atom. The lowest BCUT2D eigenvalue weighted by Gasteiger charge is -2.33. The second-order valence-corrected chi connectivity index (χ2v) is 7.96. The first-order chi connectivity index (χ1) is 14.7. The van der Waals surface area contributed by atoms with Crippen molar-refractivity contribution in [3.63, 3.8) is 0 Å². The minimum Gasteiger partial charge on any atom is -0.360 e. The third-order valence-electron chi connectivity index (χ3n) is 5.88. The van der Waals surface area contributed by atoms with Crippen LogP contribution >= 0.6 is 0 Å². The fourth-order valence-electron chi connectivity index (χ4n) is 4.22. The van der Waals surface area contributed by atoms with Crippen LogP contribution in [0.25, 0.3) is 0 Å². The normalized spacial score (nSPS) is 19.7. The van der Waals surface area contributed by atoms with E-state index >= 15 is 0 Å². The summed E-state index contributed by atoms with van der Waals surface area (Å²) >= 11 is 0. The molecule has 4 rings (SSSR count). The number of hydrogen-bond acceptors (Lipinski definition) is 3. The Hall–Kier alpha value is -3.06. The number of nitrogens with zero attached hydrogens (tertiary/aromatic N) is 2. The molecule has 7 nitrogen and oxygen atoms in total. The van der Waals surface area contributed by atoms with Gasteiger partial charge in [0.05, 0.1) is 45.3 Å². The van der Waals surface area contributed by atoms with E-state index in [1.54, 1.807) is 4.90 Å². The van der Waals surface area contributed by atoms with Crippen molar-refractivity contribution in [3.8, 4) is 0 Å². The molecule has 0 saturated carbocycles. The van der Waals surface area contributed by atoms with Crippen molar-refractivity contribution in [3.05, 3.63) is 60.7 Å². The van der Waals surface area contributed by atoms with Crippen molar-refractivity contribution in [1.29, 1.82) is 0 Å². The topological polar surface area (TPSA) is 69.1 Å². The Labute approximate surface area is 177 Å². The fourth-order valence-corrected chi connectivity index (χ4v) is 4.22. The van der Waals surface area contributed by atoms with Crippen LogP contribution in [-0.4, -0.2) is 63.8 Å². The number of benzene rings is 2. The number of nitrogens with one attached hydrogen (secondary N) is 3. The maximum Gasteiger partial charge on any atom is 0.315 e. The van der Waals surface area contributed by atoms with Gasteiger partial charge in [-0.1, -0.05) is 36.4 Å². The van der Waals surface area contributed by atoms with Gasteiger partial charge in [0.2, 0.25) is 5.91 Å². The molecule has 0 unspecified atom stereocenters. The average molecular weight is 409 g/mol. The van der Waals surface area contributed by atoms with Crippen molar-refractivity contribution < 1.29 is 14.5 Å². The first-order valence-electron chi connectivity index (χ1n) is 10.7. The second kappa shape index (κ2) is 9.63. The van der Waals surface area contributed by atoms with Crippen molar-refractivity contribution in [2.24, 2.45) is 0 Å². The number of quaternary nitrogens is 1. The van der Waals surface area contributed by atoms with Gasteiger partial charge in [0.25, 0.3) is 0 Å². The number of piperazine rings is 1. The van der Waals surface area contributed by atoms with E-state index in [0.29, 0.717) is 19.5 Å². The van der Waals surface area contributed by atoms with Crippen molar-refractivity contribution >= 4 is 23.3 Å². The number of carbonyl (C=O) groups is 2. The first-order valence-corrected chi connectivity index (χ1v) is 10.7. The minimum atomic E-state index is -0.190. The highest BCUT2D eigenvalue weighted by molar-refractivity contribution is 5.96. The average Bonchev–Trinajstić information content (AvgIpc) is 3.15. The predicted octanol–water partition coefficient (Wildman–Crippen LogP) is 0.496. The number of rotatable bonds is 6. The van der Waals surface area contributed by atoms with E-state index in [2.05, 4.69) is 39.8 Å². The van der Waals surface area contributed by atoms with Gasteiger partial charge in [-0.3, -0.25) is 4.79 Å². The van der Waals surface area contributed by atoms with Gasteiger partial charge in [0, 0.05) is 24.3 Å². The zero-order chi connectivity index (χ0) is 20.8. The van der Waals surface area contributed by atoms with E-state index in [1.165, 1.54) is 10.6 Å². The van der Waals surface area contributed by atoms with Gasteiger partial charge in [-0.05, 0) is 24.3 Å². The molecule has 2 heterocycles. The van der Waals surface area contributed by atoms with E-state index in [1.807, 2.05) is 36.4 Å².